The van der Waals surface area contributed by atoms with Gasteiger partial charge in [0.05, 0.1) is 13.2 Å². The molecule has 0 aliphatic carbocycles. The number of esters is 1. The summed E-state index contributed by atoms with van der Waals surface area (Å²) in [5.41, 5.74) is 2.70. The third-order valence-corrected chi connectivity index (χ3v) is 11.0. The van der Waals surface area contributed by atoms with Crippen molar-refractivity contribution < 1.29 is 38.1 Å². The van der Waals surface area contributed by atoms with Crippen molar-refractivity contribution in [3.63, 3.8) is 0 Å². The fourth-order valence-electron chi connectivity index (χ4n) is 7.99. The Morgan fingerprint density at radius 2 is 1.81 bits per heavy atom. The minimum atomic E-state index is -1.27. The summed E-state index contributed by atoms with van der Waals surface area (Å²) in [4.78, 5) is 45.5. The summed E-state index contributed by atoms with van der Waals surface area (Å²) in [6.45, 7) is 5.91. The van der Waals surface area contributed by atoms with Crippen LogP contribution < -0.4 is 26.0 Å². The van der Waals surface area contributed by atoms with Crippen LogP contribution in [0.4, 0.5) is 10.5 Å². The molecule has 0 saturated carbocycles. The number of methoxy groups -OCH3 is 1. The fraction of sp³-hybridized carbons (Fsp3) is 0.419. The maximum Gasteiger partial charge on any atom is 0.408 e. The van der Waals surface area contributed by atoms with Crippen molar-refractivity contribution in [1.82, 2.24) is 20.9 Å². The lowest BCUT2D eigenvalue weighted by molar-refractivity contribution is -0.145. The Morgan fingerprint density at radius 1 is 1.04 bits per heavy atom. The van der Waals surface area contributed by atoms with Crippen molar-refractivity contribution in [1.29, 1.82) is 5.41 Å². The number of amides is 2. The minimum Gasteiger partial charge on any atom is -0.469 e. The highest BCUT2D eigenvalue weighted by molar-refractivity contribution is 5.99. The van der Waals surface area contributed by atoms with Crippen molar-refractivity contribution in [2.24, 2.45) is 5.92 Å². The summed E-state index contributed by atoms with van der Waals surface area (Å²) in [6.07, 6.45) is 1.40. The van der Waals surface area contributed by atoms with Gasteiger partial charge in [0.15, 0.2) is 18.0 Å². The Labute approximate surface area is 331 Å². The van der Waals surface area contributed by atoms with Crippen LogP contribution in [-0.4, -0.2) is 65.4 Å². The number of aliphatic hydroxyl groups is 1. The van der Waals surface area contributed by atoms with E-state index in [2.05, 4.69) is 28.2 Å². The number of carbonyl (C=O) groups excluding carboxylic acids is 3. The highest BCUT2D eigenvalue weighted by Crippen LogP contribution is 2.58. The summed E-state index contributed by atoms with van der Waals surface area (Å²) < 4.78 is 24.1. The van der Waals surface area contributed by atoms with Gasteiger partial charge in [-0.15, -0.1) is 0 Å². The molecule has 0 fully saturated rings. The van der Waals surface area contributed by atoms with Crippen LogP contribution in [0.25, 0.3) is 0 Å². The van der Waals surface area contributed by atoms with E-state index in [1.165, 1.54) is 7.11 Å². The maximum absolute atomic E-state index is 14.2. The normalized spacial score (nSPS) is 21.3. The lowest BCUT2D eigenvalue weighted by atomic mass is 9.72. The molecule has 1 spiro atoms. The standard InChI is InChI=1S/C43H50N6O8/c1-5-6-7-11-18-31(50)34(40(52)54-4)47-37(44)35-36-43-27-16-12-13-17-29(27)45-41(43)56-32-20-19-26(21-28(32)43)22-30(38(51)48-33(24(2)3)39(49-35)57-36)46-42(53)55-23-25-14-9-8-10-15-25/h8-10,12-17,19-21,24,30-31,33-34,41,45,50H,5-7,11,18,22-23H2,1-4H3,(H2,44,47)(H,46,53)(H,48,51)/t30-,31?,33-,34-,41-,43?/m0/s1. The van der Waals surface area contributed by atoms with E-state index in [1.807, 2.05) is 86.6 Å². The molecule has 6 atom stereocenters. The van der Waals surface area contributed by atoms with Gasteiger partial charge < -0.3 is 45.0 Å². The van der Waals surface area contributed by atoms with Gasteiger partial charge in [0.1, 0.15) is 41.4 Å². The molecule has 4 heterocycles. The first-order valence-electron chi connectivity index (χ1n) is 19.6. The van der Waals surface area contributed by atoms with Crippen molar-refractivity contribution in [2.45, 2.75) is 102 Å². The van der Waals surface area contributed by atoms with Crippen LogP contribution in [0.3, 0.4) is 0 Å². The molecule has 3 aliphatic rings. The lowest BCUT2D eigenvalue weighted by Crippen LogP contribution is -2.50. The highest BCUT2D eigenvalue weighted by atomic mass is 16.5. The quantitative estimate of drug-likeness (QED) is 0.0428. The molecule has 0 saturated heterocycles. The van der Waals surface area contributed by atoms with Crippen molar-refractivity contribution in [3.8, 4) is 5.75 Å². The van der Waals surface area contributed by atoms with Gasteiger partial charge >= 0.3 is 12.1 Å². The molecule has 7 rings (SSSR count). The lowest BCUT2D eigenvalue weighted by Gasteiger charge is -2.29. The zero-order chi connectivity index (χ0) is 40.3. The second kappa shape index (κ2) is 16.7. The number of nitrogens with one attached hydrogen (secondary N) is 5. The van der Waals surface area contributed by atoms with E-state index in [-0.39, 0.29) is 42.1 Å². The number of aromatic nitrogens is 1. The first-order valence-corrected chi connectivity index (χ1v) is 19.6. The molecule has 6 N–H and O–H groups in total. The number of amidine groups is 1. The van der Waals surface area contributed by atoms with Gasteiger partial charge in [-0.05, 0) is 41.2 Å². The highest BCUT2D eigenvalue weighted by Gasteiger charge is 2.61. The van der Waals surface area contributed by atoms with Gasteiger partial charge in [-0.1, -0.05) is 107 Å². The SMILES string of the molecule is CCCCCCC(O)[C@H](NC(=N)c1nc2oc1C13c4ccccc4N[C@H]1Oc1ccc(cc13)C[C@H](NC(=O)OCc1ccccc1)C(=O)N[C@H]2C(C)C)C(=O)OC. The van der Waals surface area contributed by atoms with Crippen LogP contribution in [-0.2, 0) is 37.5 Å². The number of benzene rings is 3. The number of aliphatic hydroxyl groups excluding tert-OH is 1. The van der Waals surface area contributed by atoms with Gasteiger partial charge in [0.2, 0.25) is 11.8 Å². The first kappa shape index (κ1) is 39.3. The Morgan fingerprint density at radius 3 is 2.56 bits per heavy atom. The van der Waals surface area contributed by atoms with Crippen LogP contribution in [0.15, 0.2) is 77.2 Å². The number of alkyl carbamates (subject to hydrolysis) is 1. The number of ether oxygens (including phenoxy) is 3. The molecule has 14 heteroatoms. The van der Waals surface area contributed by atoms with Crippen LogP contribution in [0.1, 0.15) is 98.5 Å². The summed E-state index contributed by atoms with van der Waals surface area (Å²) >= 11 is 0. The molecular weight excluding hydrogens is 729 g/mol. The molecule has 57 heavy (non-hydrogen) atoms. The monoisotopic (exact) mass is 778 g/mol. The molecule has 2 amide bonds. The van der Waals surface area contributed by atoms with Crippen molar-refractivity contribution >= 4 is 29.5 Å². The Balaban J connectivity index is 1.32. The number of fused-ring (bicyclic) bond motifs is 4. The maximum atomic E-state index is 14.2. The number of hydrogen-bond acceptors (Lipinski definition) is 11. The molecule has 3 aliphatic heterocycles. The van der Waals surface area contributed by atoms with Gasteiger partial charge in [-0.2, -0.15) is 0 Å². The number of nitrogens with zero attached hydrogens (tertiary/aromatic N) is 1. The van der Waals surface area contributed by atoms with Gasteiger partial charge in [0, 0.05) is 17.7 Å². The van der Waals surface area contributed by atoms with Crippen LogP contribution in [0.5, 0.6) is 5.75 Å². The predicted octanol–water partition coefficient (Wildman–Crippen LogP) is 5.61. The summed E-state index contributed by atoms with van der Waals surface area (Å²) in [5.74, 6) is -0.851. The third-order valence-electron chi connectivity index (χ3n) is 11.0. The second-order valence-corrected chi connectivity index (χ2v) is 15.2. The largest absolute Gasteiger partial charge is 0.469 e. The summed E-state index contributed by atoms with van der Waals surface area (Å²) in [6, 6.07) is 19.4. The number of rotatable bonds is 13. The molecule has 300 valence electrons. The Bertz CT molecular complexity index is 2120. The smallest absolute Gasteiger partial charge is 0.408 e. The molecule has 14 nitrogen and oxygen atoms in total. The zero-order valence-electron chi connectivity index (χ0n) is 32.6. The molecule has 1 aromatic heterocycles. The molecule has 0 radical (unpaired) electrons. The van der Waals surface area contributed by atoms with Crippen LogP contribution >= 0.6 is 0 Å². The van der Waals surface area contributed by atoms with Gasteiger partial charge in [-0.3, -0.25) is 10.2 Å². The Hall–Kier alpha value is -5.89. The molecule has 4 aromatic rings. The Kier molecular flexibility index (Phi) is 11.5. The van der Waals surface area contributed by atoms with Gasteiger partial charge in [-0.25, -0.2) is 14.6 Å². The molecular formula is C43H50N6O8. The average Bonchev–Trinajstić information content (AvgIpc) is 3.88. The number of oxazole rings is 1. The van der Waals surface area contributed by atoms with Crippen molar-refractivity contribution in [3.05, 3.63) is 112 Å². The fourth-order valence-corrected chi connectivity index (χ4v) is 7.99. The van der Waals surface area contributed by atoms with E-state index in [4.69, 9.17) is 23.6 Å². The van der Waals surface area contributed by atoms with Crippen LogP contribution in [0.2, 0.25) is 0 Å². The van der Waals surface area contributed by atoms with Crippen LogP contribution in [0, 0.1) is 11.3 Å². The molecule has 4 bridgehead atoms. The number of unbranched alkanes of at least 4 members (excludes halogenated alkanes) is 3. The van der Waals surface area contributed by atoms with E-state index < -0.39 is 53.8 Å². The van der Waals surface area contributed by atoms with E-state index >= 15 is 0 Å². The van der Waals surface area contributed by atoms with E-state index in [9.17, 15) is 24.9 Å². The minimum absolute atomic E-state index is 0.0245. The van der Waals surface area contributed by atoms with Gasteiger partial charge in [0.25, 0.3) is 0 Å². The number of carbonyl (C=O) groups is 3. The predicted molar refractivity (Wildman–Crippen MR) is 211 cm³/mol. The average molecular weight is 779 g/mol. The van der Waals surface area contributed by atoms with Crippen molar-refractivity contribution in [2.75, 3.05) is 12.4 Å². The summed E-state index contributed by atoms with van der Waals surface area (Å²) in [7, 11) is 1.24. The number of hydrogen-bond donors (Lipinski definition) is 6. The van der Waals surface area contributed by atoms with E-state index in [1.54, 1.807) is 0 Å². The summed E-state index contributed by atoms with van der Waals surface area (Å²) in [5, 5.41) is 33.0. The second-order valence-electron chi connectivity index (χ2n) is 15.2. The third kappa shape index (κ3) is 7.65. The first-order chi connectivity index (χ1) is 27.5. The van der Waals surface area contributed by atoms with E-state index in [0.717, 1.165) is 41.6 Å². The van der Waals surface area contributed by atoms with E-state index in [0.29, 0.717) is 24.2 Å². The number of anilines is 1. The number of para-hydroxylation sites is 1. The molecule has 3 aromatic carbocycles. The zero-order valence-corrected chi connectivity index (χ0v) is 32.6. The topological polar surface area (TPSA) is 197 Å². The molecule has 2 unspecified atom stereocenters.